The number of carbonyl (C=O) groups is 1. The van der Waals surface area contributed by atoms with Crippen LogP contribution in [0.3, 0.4) is 0 Å². The fraction of sp³-hybridized carbons (Fsp3) is 0.182. The molecular weight excluding hydrogens is 338 g/mol. The van der Waals surface area contributed by atoms with Gasteiger partial charge < -0.3 is 15.4 Å². The number of aromatic nitrogens is 1. The van der Waals surface area contributed by atoms with Crippen LogP contribution >= 0.6 is 0 Å². The standard InChI is InChI=1S/C22H23N3O2/c1-16-4-3-5-18(10-16)13-24-20-11-19(14-23-15-20)22(26)25-12-17-6-8-21(27-2)9-7-17/h3-11,14-15,24H,12-13H2,1-2H3,(H,25,26). The molecular formula is C22H23N3O2. The Bertz CT molecular complexity index is 907. The summed E-state index contributed by atoms with van der Waals surface area (Å²) in [7, 11) is 1.63. The number of aryl methyl sites for hydroxylation is 1. The van der Waals surface area contributed by atoms with Crippen LogP contribution in [-0.4, -0.2) is 18.0 Å². The van der Waals surface area contributed by atoms with E-state index in [0.717, 1.165) is 17.0 Å². The minimum absolute atomic E-state index is 0.155. The molecule has 0 aliphatic carbocycles. The van der Waals surface area contributed by atoms with E-state index >= 15 is 0 Å². The number of amides is 1. The molecule has 0 aliphatic heterocycles. The average molecular weight is 361 g/mol. The summed E-state index contributed by atoms with van der Waals surface area (Å²) in [6.07, 6.45) is 3.29. The minimum Gasteiger partial charge on any atom is -0.497 e. The quantitative estimate of drug-likeness (QED) is 0.669. The van der Waals surface area contributed by atoms with Crippen molar-refractivity contribution in [2.45, 2.75) is 20.0 Å². The van der Waals surface area contributed by atoms with Gasteiger partial charge in [-0.2, -0.15) is 0 Å². The molecule has 1 amide bonds. The van der Waals surface area contributed by atoms with Crippen molar-refractivity contribution in [1.82, 2.24) is 10.3 Å². The van der Waals surface area contributed by atoms with Gasteiger partial charge in [-0.05, 0) is 36.2 Å². The number of nitrogens with one attached hydrogen (secondary N) is 2. The summed E-state index contributed by atoms with van der Waals surface area (Å²) in [6, 6.07) is 17.7. The first-order chi connectivity index (χ1) is 13.1. The maximum atomic E-state index is 12.4. The van der Waals surface area contributed by atoms with Crippen LogP contribution in [0.2, 0.25) is 0 Å². The van der Waals surface area contributed by atoms with Crippen molar-refractivity contribution in [1.29, 1.82) is 0 Å². The molecule has 0 atom stereocenters. The van der Waals surface area contributed by atoms with Crippen LogP contribution in [0, 0.1) is 6.92 Å². The lowest BCUT2D eigenvalue weighted by molar-refractivity contribution is 0.0950. The fourth-order valence-electron chi connectivity index (χ4n) is 2.71. The zero-order valence-electron chi connectivity index (χ0n) is 15.5. The smallest absolute Gasteiger partial charge is 0.253 e. The monoisotopic (exact) mass is 361 g/mol. The summed E-state index contributed by atoms with van der Waals surface area (Å²) in [5.74, 6) is 0.638. The first kappa shape index (κ1) is 18.5. The van der Waals surface area contributed by atoms with Crippen molar-refractivity contribution in [3.05, 3.63) is 89.2 Å². The Kier molecular flexibility index (Phi) is 6.05. The molecule has 5 nitrogen and oxygen atoms in total. The molecule has 5 heteroatoms. The highest BCUT2D eigenvalue weighted by Crippen LogP contribution is 2.13. The largest absolute Gasteiger partial charge is 0.497 e. The van der Waals surface area contributed by atoms with Crippen LogP contribution in [0.1, 0.15) is 27.0 Å². The molecule has 0 saturated carbocycles. The number of hydrogen-bond donors (Lipinski definition) is 2. The SMILES string of the molecule is COc1ccc(CNC(=O)c2cncc(NCc3cccc(C)c3)c2)cc1. The van der Waals surface area contributed by atoms with Crippen molar-refractivity contribution in [2.24, 2.45) is 0 Å². The second-order valence-electron chi connectivity index (χ2n) is 6.34. The number of pyridine rings is 1. The Hall–Kier alpha value is -3.34. The lowest BCUT2D eigenvalue weighted by Crippen LogP contribution is -2.23. The lowest BCUT2D eigenvalue weighted by Gasteiger charge is -2.09. The zero-order valence-corrected chi connectivity index (χ0v) is 15.5. The average Bonchev–Trinajstić information content (AvgIpc) is 2.71. The molecule has 0 fully saturated rings. The van der Waals surface area contributed by atoms with E-state index < -0.39 is 0 Å². The molecule has 0 unspecified atom stereocenters. The van der Waals surface area contributed by atoms with Gasteiger partial charge in [-0.25, -0.2) is 0 Å². The van der Waals surface area contributed by atoms with Gasteiger partial charge in [0, 0.05) is 25.5 Å². The van der Waals surface area contributed by atoms with Crippen LogP contribution in [0.5, 0.6) is 5.75 Å². The van der Waals surface area contributed by atoms with Crippen LogP contribution in [0.25, 0.3) is 0 Å². The predicted molar refractivity (Wildman–Crippen MR) is 107 cm³/mol. The number of carbonyl (C=O) groups excluding carboxylic acids is 1. The number of rotatable bonds is 7. The molecule has 138 valence electrons. The summed E-state index contributed by atoms with van der Waals surface area (Å²) in [5, 5.41) is 6.23. The zero-order chi connectivity index (χ0) is 19.1. The van der Waals surface area contributed by atoms with Crippen LogP contribution in [-0.2, 0) is 13.1 Å². The molecule has 0 bridgehead atoms. The second kappa shape index (κ2) is 8.85. The number of nitrogens with zero attached hydrogens (tertiary/aromatic N) is 1. The number of methoxy groups -OCH3 is 1. The first-order valence-corrected chi connectivity index (χ1v) is 8.79. The molecule has 2 N–H and O–H groups in total. The summed E-state index contributed by atoms with van der Waals surface area (Å²) in [6.45, 7) is 3.20. The Morgan fingerprint density at radius 1 is 1.00 bits per heavy atom. The van der Waals surface area contributed by atoms with E-state index in [1.807, 2.05) is 36.4 Å². The molecule has 27 heavy (non-hydrogen) atoms. The lowest BCUT2D eigenvalue weighted by atomic mass is 10.1. The number of benzene rings is 2. The number of ether oxygens (including phenoxy) is 1. The van der Waals surface area contributed by atoms with Gasteiger partial charge in [0.25, 0.3) is 5.91 Å². The molecule has 0 radical (unpaired) electrons. The maximum absolute atomic E-state index is 12.4. The summed E-state index contributed by atoms with van der Waals surface area (Å²) >= 11 is 0. The van der Waals surface area contributed by atoms with Gasteiger partial charge >= 0.3 is 0 Å². The molecule has 3 aromatic rings. The van der Waals surface area contributed by atoms with Gasteiger partial charge in [0.2, 0.25) is 0 Å². The highest BCUT2D eigenvalue weighted by atomic mass is 16.5. The third kappa shape index (κ3) is 5.31. The van der Waals surface area contributed by atoms with Gasteiger partial charge in [-0.1, -0.05) is 42.0 Å². The summed E-state index contributed by atoms with van der Waals surface area (Å²) in [4.78, 5) is 16.6. The Morgan fingerprint density at radius 3 is 2.56 bits per heavy atom. The van der Waals surface area contributed by atoms with Crippen LogP contribution < -0.4 is 15.4 Å². The Morgan fingerprint density at radius 2 is 1.81 bits per heavy atom. The second-order valence-corrected chi connectivity index (χ2v) is 6.34. The molecule has 0 saturated heterocycles. The Balaban J connectivity index is 1.57. The third-order valence-corrected chi connectivity index (χ3v) is 4.19. The fourth-order valence-corrected chi connectivity index (χ4v) is 2.71. The molecule has 2 aromatic carbocycles. The van der Waals surface area contributed by atoms with E-state index in [2.05, 4.69) is 40.7 Å². The van der Waals surface area contributed by atoms with Gasteiger partial charge in [-0.15, -0.1) is 0 Å². The molecule has 1 aromatic heterocycles. The summed E-state index contributed by atoms with van der Waals surface area (Å²) in [5.41, 5.74) is 4.75. The molecule has 0 aliphatic rings. The predicted octanol–water partition coefficient (Wildman–Crippen LogP) is 3.94. The van der Waals surface area contributed by atoms with E-state index in [4.69, 9.17) is 4.74 Å². The van der Waals surface area contributed by atoms with Crippen molar-refractivity contribution < 1.29 is 9.53 Å². The Labute approximate surface area is 159 Å². The number of hydrogen-bond acceptors (Lipinski definition) is 4. The minimum atomic E-state index is -0.155. The topological polar surface area (TPSA) is 63.2 Å². The number of anilines is 1. The maximum Gasteiger partial charge on any atom is 0.253 e. The third-order valence-electron chi connectivity index (χ3n) is 4.19. The van der Waals surface area contributed by atoms with Gasteiger partial charge in [-0.3, -0.25) is 9.78 Å². The molecule has 3 rings (SSSR count). The van der Waals surface area contributed by atoms with Gasteiger partial charge in [0.05, 0.1) is 18.4 Å². The summed E-state index contributed by atoms with van der Waals surface area (Å²) < 4.78 is 5.14. The highest BCUT2D eigenvalue weighted by Gasteiger charge is 2.07. The van der Waals surface area contributed by atoms with E-state index in [1.165, 1.54) is 11.1 Å². The van der Waals surface area contributed by atoms with Gasteiger partial charge in [0.1, 0.15) is 5.75 Å². The van der Waals surface area contributed by atoms with E-state index in [-0.39, 0.29) is 5.91 Å². The van der Waals surface area contributed by atoms with Crippen molar-refractivity contribution in [2.75, 3.05) is 12.4 Å². The van der Waals surface area contributed by atoms with Crippen molar-refractivity contribution in [3.63, 3.8) is 0 Å². The highest BCUT2D eigenvalue weighted by molar-refractivity contribution is 5.94. The first-order valence-electron chi connectivity index (χ1n) is 8.79. The van der Waals surface area contributed by atoms with E-state index in [0.29, 0.717) is 18.7 Å². The van der Waals surface area contributed by atoms with E-state index in [9.17, 15) is 4.79 Å². The van der Waals surface area contributed by atoms with Gasteiger partial charge in [0.15, 0.2) is 0 Å². The van der Waals surface area contributed by atoms with Crippen molar-refractivity contribution >= 4 is 11.6 Å². The van der Waals surface area contributed by atoms with Crippen LogP contribution in [0.4, 0.5) is 5.69 Å². The normalized spacial score (nSPS) is 10.3. The molecule has 0 spiro atoms. The van der Waals surface area contributed by atoms with Crippen molar-refractivity contribution in [3.8, 4) is 5.75 Å². The van der Waals surface area contributed by atoms with E-state index in [1.54, 1.807) is 19.5 Å². The molecule has 1 heterocycles. The van der Waals surface area contributed by atoms with Crippen LogP contribution in [0.15, 0.2) is 67.0 Å².